The number of carbonyl (C=O) groups is 1. The number of hydrogen-bond acceptors (Lipinski definition) is 8. The second-order valence-electron chi connectivity index (χ2n) is 8.89. The third-order valence-electron chi connectivity index (χ3n) is 6.28. The Morgan fingerprint density at radius 2 is 1.89 bits per heavy atom. The molecule has 10 nitrogen and oxygen atoms in total. The molecule has 4 rings (SSSR count). The van der Waals surface area contributed by atoms with Gasteiger partial charge in [0.2, 0.25) is 0 Å². The Labute approximate surface area is 215 Å². The maximum absolute atomic E-state index is 13.1. The van der Waals surface area contributed by atoms with E-state index in [1.54, 1.807) is 14.0 Å². The zero-order valence-corrected chi connectivity index (χ0v) is 21.6. The van der Waals surface area contributed by atoms with E-state index in [9.17, 15) is 9.59 Å². The second-order valence-corrected chi connectivity index (χ2v) is 8.89. The number of aryl methyl sites for hydroxylation is 1. The van der Waals surface area contributed by atoms with E-state index in [4.69, 9.17) is 9.47 Å². The number of carbonyl (C=O) groups excluding carboxylic acids is 1. The molecule has 1 N–H and O–H groups in total. The first-order valence-corrected chi connectivity index (χ1v) is 12.3. The van der Waals surface area contributed by atoms with E-state index in [1.165, 1.54) is 10.2 Å². The molecule has 0 unspecified atom stereocenters. The quantitative estimate of drug-likeness (QED) is 0.308. The summed E-state index contributed by atoms with van der Waals surface area (Å²) in [5, 5.41) is 13.0. The van der Waals surface area contributed by atoms with Crippen molar-refractivity contribution in [1.29, 1.82) is 0 Å². The molecule has 0 saturated carbocycles. The number of benzene rings is 2. The minimum atomic E-state index is -0.407. The number of H-pyrrole nitrogens is 1. The van der Waals surface area contributed by atoms with Crippen LogP contribution in [0.15, 0.2) is 53.3 Å². The number of fused-ring (bicyclic) bond motifs is 1. The Morgan fingerprint density at radius 3 is 2.59 bits per heavy atom. The lowest BCUT2D eigenvalue weighted by atomic mass is 10.1. The average molecular weight is 505 g/mol. The first-order valence-electron chi connectivity index (χ1n) is 12.3. The molecule has 0 aliphatic rings. The Hall–Kier alpha value is -4.05. The van der Waals surface area contributed by atoms with E-state index in [2.05, 4.69) is 49.7 Å². The van der Waals surface area contributed by atoms with E-state index in [0.29, 0.717) is 36.6 Å². The van der Waals surface area contributed by atoms with Crippen LogP contribution in [0, 0.1) is 6.92 Å². The zero-order chi connectivity index (χ0) is 26.4. The van der Waals surface area contributed by atoms with Gasteiger partial charge in [0.15, 0.2) is 5.82 Å². The number of nitrogens with zero attached hydrogens (tertiary/aromatic N) is 5. The maximum Gasteiger partial charge on any atom is 0.327 e. The van der Waals surface area contributed by atoms with Gasteiger partial charge in [0.1, 0.15) is 12.3 Å². The number of ether oxygens (including phenoxy) is 2. The standard InChI is InChI=1S/C27H32N6O4/c1-5-24(26-29-30-31-33(26)17-25(34)37-6-2)32(15-19-9-7-18(3)8-10-19)16-21-13-20-14-22(36-4)11-12-23(20)28-27(21)35/h7-14,24H,5-6,15-17H2,1-4H3,(H,28,35)/t24-/m0/s1. The van der Waals surface area contributed by atoms with Crippen molar-refractivity contribution in [2.24, 2.45) is 0 Å². The number of pyridine rings is 1. The number of tetrazole rings is 1. The summed E-state index contributed by atoms with van der Waals surface area (Å²) in [4.78, 5) is 30.4. The van der Waals surface area contributed by atoms with Crippen molar-refractivity contribution < 1.29 is 14.3 Å². The zero-order valence-electron chi connectivity index (χ0n) is 21.6. The molecule has 4 aromatic rings. The number of esters is 1. The monoisotopic (exact) mass is 504 g/mol. The molecule has 10 heteroatoms. The minimum absolute atomic E-state index is 0.0819. The van der Waals surface area contributed by atoms with Crippen molar-refractivity contribution in [2.75, 3.05) is 13.7 Å². The molecule has 0 fully saturated rings. The smallest absolute Gasteiger partial charge is 0.327 e. The highest BCUT2D eigenvalue weighted by Gasteiger charge is 2.27. The molecule has 0 radical (unpaired) electrons. The number of aromatic amines is 1. The fourth-order valence-corrected chi connectivity index (χ4v) is 4.39. The van der Waals surface area contributed by atoms with Crippen molar-refractivity contribution in [3.8, 4) is 5.75 Å². The Kier molecular flexibility index (Phi) is 8.29. The summed E-state index contributed by atoms with van der Waals surface area (Å²) >= 11 is 0. The van der Waals surface area contributed by atoms with Gasteiger partial charge < -0.3 is 14.5 Å². The van der Waals surface area contributed by atoms with Gasteiger partial charge in [0.25, 0.3) is 5.56 Å². The van der Waals surface area contributed by atoms with Crippen LogP contribution in [0.5, 0.6) is 5.75 Å². The third kappa shape index (κ3) is 6.21. The molecule has 194 valence electrons. The summed E-state index contributed by atoms with van der Waals surface area (Å²) in [6, 6.07) is 15.5. The number of aromatic nitrogens is 5. The predicted octanol–water partition coefficient (Wildman–Crippen LogP) is 3.55. The summed E-state index contributed by atoms with van der Waals surface area (Å²) in [6.45, 7) is 6.94. The Bertz CT molecular complexity index is 1410. The molecule has 0 aliphatic carbocycles. The Balaban J connectivity index is 1.72. The molecule has 0 bridgehead atoms. The number of hydrogen-bond donors (Lipinski definition) is 1. The minimum Gasteiger partial charge on any atom is -0.497 e. The molecule has 2 aromatic carbocycles. The van der Waals surface area contributed by atoms with Crippen LogP contribution in [0.25, 0.3) is 10.9 Å². The van der Waals surface area contributed by atoms with E-state index in [1.807, 2.05) is 38.1 Å². The van der Waals surface area contributed by atoms with Crippen LogP contribution in [-0.4, -0.2) is 49.8 Å². The largest absolute Gasteiger partial charge is 0.497 e. The van der Waals surface area contributed by atoms with Crippen LogP contribution in [-0.2, 0) is 29.2 Å². The number of methoxy groups -OCH3 is 1. The molecular weight excluding hydrogens is 472 g/mol. The van der Waals surface area contributed by atoms with Crippen LogP contribution in [0.1, 0.15) is 48.8 Å². The van der Waals surface area contributed by atoms with E-state index < -0.39 is 5.97 Å². The summed E-state index contributed by atoms with van der Waals surface area (Å²) < 4.78 is 11.9. The molecular formula is C27H32N6O4. The lowest BCUT2D eigenvalue weighted by Gasteiger charge is -2.30. The van der Waals surface area contributed by atoms with Crippen LogP contribution in [0.4, 0.5) is 0 Å². The highest BCUT2D eigenvalue weighted by atomic mass is 16.5. The number of nitrogens with one attached hydrogen (secondary N) is 1. The molecule has 0 amide bonds. The van der Waals surface area contributed by atoms with Crippen molar-refractivity contribution in [2.45, 2.75) is 52.9 Å². The average Bonchev–Trinajstić information content (AvgIpc) is 3.33. The molecule has 0 aliphatic heterocycles. The predicted molar refractivity (Wildman–Crippen MR) is 139 cm³/mol. The van der Waals surface area contributed by atoms with Gasteiger partial charge in [-0.05, 0) is 60.5 Å². The van der Waals surface area contributed by atoms with Crippen LogP contribution in [0.2, 0.25) is 0 Å². The second kappa shape index (κ2) is 11.8. The summed E-state index contributed by atoms with van der Waals surface area (Å²) in [7, 11) is 1.61. The van der Waals surface area contributed by atoms with Gasteiger partial charge in [-0.15, -0.1) is 5.10 Å². The fraction of sp³-hybridized carbons (Fsp3) is 0.370. The molecule has 2 heterocycles. The first-order chi connectivity index (χ1) is 17.9. The summed E-state index contributed by atoms with van der Waals surface area (Å²) in [5.41, 5.74) is 3.45. The highest BCUT2D eigenvalue weighted by molar-refractivity contribution is 5.80. The normalized spacial score (nSPS) is 12.1. The van der Waals surface area contributed by atoms with Gasteiger partial charge in [0, 0.05) is 29.6 Å². The molecule has 0 saturated heterocycles. The highest BCUT2D eigenvalue weighted by Crippen LogP contribution is 2.27. The molecule has 0 spiro atoms. The third-order valence-corrected chi connectivity index (χ3v) is 6.28. The van der Waals surface area contributed by atoms with E-state index in [-0.39, 0.29) is 24.8 Å². The Morgan fingerprint density at radius 1 is 1.11 bits per heavy atom. The van der Waals surface area contributed by atoms with Crippen molar-refractivity contribution in [3.05, 3.63) is 81.4 Å². The van der Waals surface area contributed by atoms with Crippen molar-refractivity contribution >= 4 is 16.9 Å². The summed E-state index contributed by atoms with van der Waals surface area (Å²) in [6.07, 6.45) is 0.661. The van der Waals surface area contributed by atoms with Gasteiger partial charge in [-0.2, -0.15) is 0 Å². The van der Waals surface area contributed by atoms with Gasteiger partial charge in [-0.25, -0.2) is 4.68 Å². The molecule has 1 atom stereocenters. The van der Waals surface area contributed by atoms with E-state index in [0.717, 1.165) is 16.5 Å². The van der Waals surface area contributed by atoms with Crippen molar-refractivity contribution in [1.82, 2.24) is 30.1 Å². The SMILES string of the molecule is CCOC(=O)Cn1nnnc1[C@H](CC)N(Cc1ccc(C)cc1)Cc1cc2cc(OC)ccc2[nH]c1=O. The molecule has 37 heavy (non-hydrogen) atoms. The van der Waals surface area contributed by atoms with Crippen LogP contribution < -0.4 is 10.3 Å². The van der Waals surface area contributed by atoms with Crippen LogP contribution in [0.3, 0.4) is 0 Å². The van der Waals surface area contributed by atoms with Crippen LogP contribution >= 0.6 is 0 Å². The first kappa shape index (κ1) is 26.0. The van der Waals surface area contributed by atoms with Gasteiger partial charge >= 0.3 is 5.97 Å². The summed E-state index contributed by atoms with van der Waals surface area (Å²) in [5.74, 6) is 0.851. The molecule has 2 aromatic heterocycles. The van der Waals surface area contributed by atoms with E-state index >= 15 is 0 Å². The van der Waals surface area contributed by atoms with Gasteiger partial charge in [-0.3, -0.25) is 14.5 Å². The van der Waals surface area contributed by atoms with Crippen molar-refractivity contribution in [3.63, 3.8) is 0 Å². The van der Waals surface area contributed by atoms with Gasteiger partial charge in [-0.1, -0.05) is 36.8 Å². The fourth-order valence-electron chi connectivity index (χ4n) is 4.39. The lowest BCUT2D eigenvalue weighted by molar-refractivity contribution is -0.144. The maximum atomic E-state index is 13.1. The topological polar surface area (TPSA) is 115 Å². The van der Waals surface area contributed by atoms with Gasteiger partial charge in [0.05, 0.1) is 19.8 Å². The lowest BCUT2D eigenvalue weighted by Crippen LogP contribution is -2.33. The number of rotatable bonds is 11.